The summed E-state index contributed by atoms with van der Waals surface area (Å²) in [4.78, 5) is 23.3. The minimum absolute atomic E-state index is 0.270. The molecule has 0 heterocycles. The van der Waals surface area contributed by atoms with E-state index in [2.05, 4.69) is 32.9 Å². The molecule has 0 aliphatic heterocycles. The lowest BCUT2D eigenvalue weighted by Gasteiger charge is -2.28. The van der Waals surface area contributed by atoms with Crippen LogP contribution < -0.4 is 0 Å². The first-order valence-corrected chi connectivity index (χ1v) is 9.50. The summed E-state index contributed by atoms with van der Waals surface area (Å²) >= 11 is 0. The highest BCUT2D eigenvalue weighted by Gasteiger charge is 2.23. The molecule has 0 amide bonds. The molecule has 0 atom stereocenters. The molecule has 166 valence electrons. The third-order valence-corrected chi connectivity index (χ3v) is 3.76. The molecule has 5 nitrogen and oxygen atoms in total. The Morgan fingerprint density at radius 3 is 1.48 bits per heavy atom. The maximum atomic E-state index is 11.7. The predicted octanol–water partition coefficient (Wildman–Crippen LogP) is 6.18. The van der Waals surface area contributed by atoms with Crippen LogP contribution in [0.3, 0.4) is 0 Å². The molecule has 0 fully saturated rings. The van der Waals surface area contributed by atoms with Gasteiger partial charge in [0.1, 0.15) is 17.1 Å². The zero-order valence-corrected chi connectivity index (χ0v) is 19.1. The molecule has 0 aliphatic rings. The Balaban J connectivity index is 5.58. The summed E-state index contributed by atoms with van der Waals surface area (Å²) < 4.78 is 16.4. The molecule has 0 saturated carbocycles. The quantitative estimate of drug-likeness (QED) is 0.162. The fourth-order valence-electron chi connectivity index (χ4n) is 2.06. The standard InChI is InChI=1S/C26H32O5/c1-11-21(15-17-23(13-3)30-25(28)19(6)7)26(9,10)31-20(8)14-16-22(12-2)29-24(27)18(4)5/h11-17H,1-4,6H2,5,7-10H3/b20-14+,21-15+,22-16+,23-17+. The Morgan fingerprint density at radius 1 is 0.710 bits per heavy atom. The number of ether oxygens (including phenoxy) is 3. The number of allylic oxidation sites excluding steroid dienone is 7. The second kappa shape index (κ2) is 12.9. The lowest BCUT2D eigenvalue weighted by atomic mass is 9.97. The molecule has 0 spiro atoms. The zero-order chi connectivity index (χ0) is 24.2. The van der Waals surface area contributed by atoms with Crippen LogP contribution in [0.15, 0.2) is 109 Å². The maximum absolute atomic E-state index is 11.7. The maximum Gasteiger partial charge on any atom is 0.338 e. The lowest BCUT2D eigenvalue weighted by Crippen LogP contribution is -2.25. The summed E-state index contributed by atoms with van der Waals surface area (Å²) in [6, 6.07) is 0. The topological polar surface area (TPSA) is 61.8 Å². The van der Waals surface area contributed by atoms with Gasteiger partial charge in [0.2, 0.25) is 0 Å². The van der Waals surface area contributed by atoms with Crippen molar-refractivity contribution < 1.29 is 23.8 Å². The van der Waals surface area contributed by atoms with E-state index in [1.54, 1.807) is 51.2 Å². The smallest absolute Gasteiger partial charge is 0.338 e. The van der Waals surface area contributed by atoms with Gasteiger partial charge in [-0.1, -0.05) is 45.0 Å². The Kier molecular flexibility index (Phi) is 11.4. The third-order valence-electron chi connectivity index (χ3n) is 3.76. The minimum Gasteiger partial charge on any atom is -0.488 e. The van der Waals surface area contributed by atoms with Crippen molar-refractivity contribution in [2.75, 3.05) is 0 Å². The van der Waals surface area contributed by atoms with Gasteiger partial charge in [-0.15, -0.1) is 0 Å². The Labute approximate surface area is 185 Å². The normalized spacial score (nSPS) is 13.1. The van der Waals surface area contributed by atoms with Crippen molar-refractivity contribution in [2.24, 2.45) is 0 Å². The molecule has 0 aromatic rings. The Hall–Kier alpha value is -3.60. The van der Waals surface area contributed by atoms with E-state index in [-0.39, 0.29) is 22.7 Å². The molecule has 0 unspecified atom stereocenters. The van der Waals surface area contributed by atoms with E-state index in [1.807, 2.05) is 13.8 Å². The monoisotopic (exact) mass is 424 g/mol. The molecule has 0 radical (unpaired) electrons. The van der Waals surface area contributed by atoms with Gasteiger partial charge < -0.3 is 14.2 Å². The fourth-order valence-corrected chi connectivity index (χ4v) is 2.06. The highest BCUT2D eigenvalue weighted by atomic mass is 16.5. The first kappa shape index (κ1) is 27.4. The molecule has 5 heteroatoms. The summed E-state index contributed by atoms with van der Waals surface area (Å²) in [5.74, 6) is 0.0307. The van der Waals surface area contributed by atoms with Crippen LogP contribution in [-0.2, 0) is 23.8 Å². The van der Waals surface area contributed by atoms with Crippen LogP contribution >= 0.6 is 0 Å². The molecule has 0 aromatic carbocycles. The highest BCUT2D eigenvalue weighted by molar-refractivity contribution is 5.88. The van der Waals surface area contributed by atoms with Crippen LogP contribution in [0.1, 0.15) is 34.6 Å². The number of carbonyl (C=O) groups excluding carboxylic acids is 2. The molecule has 0 bridgehead atoms. The summed E-state index contributed by atoms with van der Waals surface area (Å²) in [5, 5.41) is 0. The average Bonchev–Trinajstić information content (AvgIpc) is 2.69. The van der Waals surface area contributed by atoms with Gasteiger partial charge >= 0.3 is 11.9 Å². The third kappa shape index (κ3) is 10.1. The van der Waals surface area contributed by atoms with Crippen molar-refractivity contribution in [3.05, 3.63) is 109 Å². The van der Waals surface area contributed by atoms with Crippen LogP contribution in [0.4, 0.5) is 0 Å². The number of carbonyl (C=O) groups is 2. The van der Waals surface area contributed by atoms with E-state index in [4.69, 9.17) is 14.2 Å². The minimum atomic E-state index is -0.764. The van der Waals surface area contributed by atoms with Crippen molar-refractivity contribution >= 4 is 11.9 Å². The van der Waals surface area contributed by atoms with E-state index in [0.29, 0.717) is 5.76 Å². The summed E-state index contributed by atoms with van der Waals surface area (Å²) in [7, 11) is 0. The molecule has 0 saturated heterocycles. The van der Waals surface area contributed by atoms with Gasteiger partial charge in [0.25, 0.3) is 0 Å². The van der Waals surface area contributed by atoms with Crippen LogP contribution in [0.25, 0.3) is 0 Å². The largest absolute Gasteiger partial charge is 0.488 e. The summed E-state index contributed by atoms with van der Waals surface area (Å²) in [6.07, 6.45) is 11.0. The van der Waals surface area contributed by atoms with Crippen molar-refractivity contribution in [2.45, 2.75) is 40.2 Å². The predicted molar refractivity (Wildman–Crippen MR) is 126 cm³/mol. The molecule has 0 aromatic heterocycles. The van der Waals surface area contributed by atoms with Gasteiger partial charge in [0.15, 0.2) is 0 Å². The number of esters is 2. The van der Waals surface area contributed by atoms with E-state index in [9.17, 15) is 9.59 Å². The van der Waals surface area contributed by atoms with Crippen molar-refractivity contribution in [1.29, 1.82) is 0 Å². The summed E-state index contributed by atoms with van der Waals surface area (Å²) in [5.41, 5.74) is 0.533. The van der Waals surface area contributed by atoms with E-state index in [0.717, 1.165) is 5.57 Å². The zero-order valence-electron chi connectivity index (χ0n) is 19.1. The van der Waals surface area contributed by atoms with Crippen LogP contribution in [-0.4, -0.2) is 17.5 Å². The Bertz CT molecular complexity index is 889. The fraction of sp³-hybridized carbons (Fsp3) is 0.231. The molecular weight excluding hydrogens is 392 g/mol. The second-order valence-corrected chi connectivity index (χ2v) is 7.10. The lowest BCUT2D eigenvalue weighted by molar-refractivity contribution is -0.135. The van der Waals surface area contributed by atoms with Gasteiger partial charge in [0.05, 0.1) is 5.76 Å². The first-order chi connectivity index (χ1) is 14.4. The van der Waals surface area contributed by atoms with E-state index >= 15 is 0 Å². The summed E-state index contributed by atoms with van der Waals surface area (Å²) in [6.45, 7) is 26.8. The van der Waals surface area contributed by atoms with Crippen molar-refractivity contribution in [3.8, 4) is 0 Å². The van der Waals surface area contributed by atoms with Gasteiger partial charge in [-0.05, 0) is 70.6 Å². The van der Waals surface area contributed by atoms with Gasteiger partial charge in [-0.2, -0.15) is 0 Å². The number of hydrogen-bond donors (Lipinski definition) is 0. The van der Waals surface area contributed by atoms with Crippen molar-refractivity contribution in [1.82, 2.24) is 0 Å². The molecule has 0 aliphatic carbocycles. The SMILES string of the molecule is C=C/C(=C\C=C(/C)OC(C)(C)/C(C=C)=C/C=C(\C=C)OC(=O)C(=C)C)OC(=O)C(=C)C. The van der Waals surface area contributed by atoms with Gasteiger partial charge in [-0.3, -0.25) is 0 Å². The molecule has 0 rings (SSSR count). The second-order valence-electron chi connectivity index (χ2n) is 7.10. The molecule has 0 N–H and O–H groups in total. The molecular formula is C26H32O5. The van der Waals surface area contributed by atoms with Gasteiger partial charge in [-0.25, -0.2) is 9.59 Å². The first-order valence-electron chi connectivity index (χ1n) is 9.50. The van der Waals surface area contributed by atoms with Crippen LogP contribution in [0, 0.1) is 0 Å². The highest BCUT2D eigenvalue weighted by Crippen LogP contribution is 2.25. The van der Waals surface area contributed by atoms with E-state index in [1.165, 1.54) is 12.2 Å². The van der Waals surface area contributed by atoms with Crippen molar-refractivity contribution in [3.63, 3.8) is 0 Å². The number of hydrogen-bond acceptors (Lipinski definition) is 5. The van der Waals surface area contributed by atoms with Gasteiger partial charge in [0, 0.05) is 11.1 Å². The molecule has 31 heavy (non-hydrogen) atoms. The van der Waals surface area contributed by atoms with E-state index < -0.39 is 17.5 Å². The average molecular weight is 425 g/mol. The number of rotatable bonds is 12. The van der Waals surface area contributed by atoms with Crippen LogP contribution in [0.2, 0.25) is 0 Å². The Morgan fingerprint density at radius 2 is 1.13 bits per heavy atom. The van der Waals surface area contributed by atoms with Crippen LogP contribution in [0.5, 0.6) is 0 Å².